The van der Waals surface area contributed by atoms with E-state index < -0.39 is 0 Å². The first-order valence-electron chi connectivity index (χ1n) is 28.0. The molecule has 0 N–H and O–H groups in total. The zero-order valence-electron chi connectivity index (χ0n) is 42.4. The lowest BCUT2D eigenvalue weighted by Gasteiger charge is -2.57. The molecule has 0 aliphatic heterocycles. The van der Waals surface area contributed by atoms with Crippen molar-refractivity contribution in [1.82, 2.24) is 0 Å². The molecule has 8 aliphatic rings. The van der Waals surface area contributed by atoms with Crippen LogP contribution in [0.15, 0.2) is 194 Å². The van der Waals surface area contributed by atoms with Crippen molar-refractivity contribution in [3.8, 4) is 55.6 Å². The summed E-state index contributed by atoms with van der Waals surface area (Å²) in [6.07, 6.45) is 15.7. The van der Waals surface area contributed by atoms with Gasteiger partial charge in [0.25, 0.3) is 0 Å². The monoisotopic (exact) mass is 936 g/mol. The molecular weight excluding hydrogens is 867 g/mol. The summed E-state index contributed by atoms with van der Waals surface area (Å²) < 4.78 is 0. The zero-order chi connectivity index (χ0) is 47.9. The van der Waals surface area contributed by atoms with Crippen molar-refractivity contribution in [3.63, 3.8) is 0 Å². The fraction of sp³-hybridized carbons (Fsp3) is 0.324. The lowest BCUT2D eigenvalue weighted by Crippen LogP contribution is -2.48. The summed E-state index contributed by atoms with van der Waals surface area (Å²) in [6, 6.07) is 74.7. The van der Waals surface area contributed by atoms with E-state index in [1.807, 2.05) is 0 Å². The van der Waals surface area contributed by atoms with Crippen LogP contribution in [0.5, 0.6) is 0 Å². The minimum atomic E-state index is 0.320. The van der Waals surface area contributed by atoms with Crippen LogP contribution in [0, 0.1) is 41.4 Å². The van der Waals surface area contributed by atoms with Crippen LogP contribution in [-0.4, -0.2) is 0 Å². The third-order valence-corrected chi connectivity index (χ3v) is 19.3. The van der Waals surface area contributed by atoms with Gasteiger partial charge in [-0.2, -0.15) is 0 Å². The highest BCUT2D eigenvalue weighted by Gasteiger charge is 2.52. The summed E-state index contributed by atoms with van der Waals surface area (Å²) in [7, 11) is 0. The summed E-state index contributed by atoms with van der Waals surface area (Å²) in [5.74, 6) is 7.51. The van der Waals surface area contributed by atoms with E-state index in [-0.39, 0.29) is 0 Å². The molecule has 0 unspecified atom stereocenters. The van der Waals surface area contributed by atoms with Crippen molar-refractivity contribution in [2.45, 2.75) is 102 Å². The molecule has 8 aromatic carbocycles. The van der Waals surface area contributed by atoms with Gasteiger partial charge in [0.05, 0.1) is 0 Å². The highest BCUT2D eigenvalue weighted by molar-refractivity contribution is 5.83. The van der Waals surface area contributed by atoms with Gasteiger partial charge >= 0.3 is 0 Å². The summed E-state index contributed by atoms with van der Waals surface area (Å²) >= 11 is 0. The van der Waals surface area contributed by atoms with Crippen molar-refractivity contribution < 1.29 is 0 Å². The second-order valence-corrected chi connectivity index (χ2v) is 24.3. The quantitative estimate of drug-likeness (QED) is 0.125. The smallest absolute Gasteiger partial charge is 0.0462 e. The highest BCUT2D eigenvalue weighted by Crippen LogP contribution is 2.62. The lowest BCUT2D eigenvalue weighted by molar-refractivity contribution is -0.00515. The van der Waals surface area contributed by atoms with Gasteiger partial charge in [-0.3, -0.25) is 0 Å². The Morgan fingerprint density at radius 1 is 0.347 bits per heavy atom. The molecule has 0 radical (unpaired) electrons. The van der Waals surface area contributed by atoms with Gasteiger partial charge < -0.3 is 4.90 Å². The van der Waals surface area contributed by atoms with E-state index >= 15 is 0 Å². The second-order valence-electron chi connectivity index (χ2n) is 24.3. The standard InChI is InChI=1S/C71H69N/c1-46(2)52-13-15-56(16-14-52)59-37-60(40-65(39-59)70-63-33-47-29-48(35-63)36-64(70)34-47)57-19-25-68(26-20-57)72(67-23-17-55(18-24-67)53-9-5-3-6-10-53)69-27-21-58(22-28-69)62-38-61(54-11-7-4-8-12-54)41-66(42-62)71-43-49-30-50(44-71)32-51(31-49)45-71/h3-28,37-42,46-51,63-64,70H,29-36,43-45H2,1-2H3. The molecule has 0 amide bonds. The van der Waals surface area contributed by atoms with E-state index in [0.29, 0.717) is 17.3 Å². The van der Waals surface area contributed by atoms with Gasteiger partial charge in [0.15, 0.2) is 0 Å². The van der Waals surface area contributed by atoms with E-state index in [1.54, 1.807) is 11.1 Å². The van der Waals surface area contributed by atoms with Gasteiger partial charge in [0.2, 0.25) is 0 Å². The van der Waals surface area contributed by atoms with Crippen LogP contribution in [0.4, 0.5) is 17.1 Å². The zero-order valence-corrected chi connectivity index (χ0v) is 42.4. The molecule has 0 saturated heterocycles. The van der Waals surface area contributed by atoms with Gasteiger partial charge in [-0.15, -0.1) is 0 Å². The minimum absolute atomic E-state index is 0.320. The third-order valence-electron chi connectivity index (χ3n) is 19.3. The molecule has 0 spiro atoms. The predicted octanol–water partition coefficient (Wildman–Crippen LogP) is 19.6. The molecule has 0 heterocycles. The molecule has 0 atom stereocenters. The van der Waals surface area contributed by atoms with E-state index in [4.69, 9.17) is 0 Å². The predicted molar refractivity (Wildman–Crippen MR) is 302 cm³/mol. The van der Waals surface area contributed by atoms with E-state index in [9.17, 15) is 0 Å². The fourth-order valence-corrected chi connectivity index (χ4v) is 16.6. The van der Waals surface area contributed by atoms with Crippen LogP contribution in [-0.2, 0) is 5.41 Å². The molecule has 72 heavy (non-hydrogen) atoms. The largest absolute Gasteiger partial charge is 0.311 e. The SMILES string of the molecule is CC(C)c1ccc(-c2cc(-c3ccc(N(c4ccc(-c5ccccc5)cc4)c4ccc(-c5cc(-c6ccccc6)cc(C67CC8CC(CC(C8)C6)C7)c5)cc4)cc3)cc(C3C4CC5CC(C4)CC3C5)c2)cc1. The maximum atomic E-state index is 2.59. The molecule has 8 saturated carbocycles. The fourth-order valence-electron chi connectivity index (χ4n) is 16.6. The van der Waals surface area contributed by atoms with Gasteiger partial charge in [-0.05, 0) is 250 Å². The Kier molecular flexibility index (Phi) is 11.0. The molecule has 16 rings (SSSR count). The molecule has 8 bridgehead atoms. The molecule has 1 heteroatoms. The summed E-state index contributed by atoms with van der Waals surface area (Å²) in [5, 5.41) is 0. The number of hydrogen-bond acceptors (Lipinski definition) is 1. The number of anilines is 3. The number of benzene rings is 8. The Morgan fingerprint density at radius 3 is 1.11 bits per heavy atom. The molecule has 8 aliphatic carbocycles. The maximum Gasteiger partial charge on any atom is 0.0462 e. The summed E-state index contributed by atoms with van der Waals surface area (Å²) in [4.78, 5) is 2.45. The first kappa shape index (κ1) is 44.3. The normalized spacial score (nSPS) is 26.6. The topological polar surface area (TPSA) is 3.24 Å². The van der Waals surface area contributed by atoms with E-state index in [1.165, 1.54) is 132 Å². The second kappa shape index (κ2) is 17.9. The maximum absolute atomic E-state index is 2.59. The van der Waals surface area contributed by atoms with Crippen molar-refractivity contribution in [2.75, 3.05) is 4.90 Å². The van der Waals surface area contributed by atoms with Crippen LogP contribution in [0.25, 0.3) is 55.6 Å². The Morgan fingerprint density at radius 2 is 0.694 bits per heavy atom. The third kappa shape index (κ3) is 8.16. The molecule has 0 aromatic heterocycles. The first-order chi connectivity index (χ1) is 35.3. The van der Waals surface area contributed by atoms with Crippen LogP contribution in [0.3, 0.4) is 0 Å². The Hall–Kier alpha value is -6.44. The Labute approximate surface area is 429 Å². The number of rotatable bonds is 11. The average Bonchev–Trinajstić information content (AvgIpc) is 3.41. The summed E-state index contributed by atoms with van der Waals surface area (Å²) in [5.41, 5.74) is 21.4. The Bertz CT molecular complexity index is 3150. The number of hydrogen-bond donors (Lipinski definition) is 0. The van der Waals surface area contributed by atoms with Gasteiger partial charge in [0, 0.05) is 17.1 Å². The van der Waals surface area contributed by atoms with Crippen LogP contribution in [0.1, 0.15) is 113 Å². The first-order valence-corrected chi connectivity index (χ1v) is 28.0. The van der Waals surface area contributed by atoms with Crippen LogP contribution < -0.4 is 4.90 Å². The Balaban J connectivity index is 0.834. The molecule has 8 fully saturated rings. The molecule has 1 nitrogen and oxygen atoms in total. The van der Waals surface area contributed by atoms with Crippen molar-refractivity contribution >= 4 is 17.1 Å². The molecule has 8 aromatic rings. The highest BCUT2D eigenvalue weighted by atomic mass is 15.1. The summed E-state index contributed by atoms with van der Waals surface area (Å²) in [6.45, 7) is 4.59. The average molecular weight is 936 g/mol. The van der Waals surface area contributed by atoms with Crippen molar-refractivity contribution in [1.29, 1.82) is 0 Å². The van der Waals surface area contributed by atoms with E-state index in [2.05, 4.69) is 213 Å². The lowest BCUT2D eigenvalue weighted by atomic mass is 9.48. The number of nitrogens with zero attached hydrogens (tertiary/aromatic N) is 1. The minimum Gasteiger partial charge on any atom is -0.311 e. The van der Waals surface area contributed by atoms with Crippen LogP contribution >= 0.6 is 0 Å². The van der Waals surface area contributed by atoms with Crippen molar-refractivity contribution in [3.05, 3.63) is 211 Å². The molecular formula is C71H69N. The van der Waals surface area contributed by atoms with Gasteiger partial charge in [-0.25, -0.2) is 0 Å². The van der Waals surface area contributed by atoms with Gasteiger partial charge in [-0.1, -0.05) is 159 Å². The molecule has 358 valence electrons. The van der Waals surface area contributed by atoms with Gasteiger partial charge in [0.1, 0.15) is 0 Å². The van der Waals surface area contributed by atoms with Crippen LogP contribution in [0.2, 0.25) is 0 Å². The van der Waals surface area contributed by atoms with E-state index in [0.717, 1.165) is 58.5 Å². The van der Waals surface area contributed by atoms with Crippen molar-refractivity contribution in [2.24, 2.45) is 41.4 Å².